The molecule has 2 rings (SSSR count). The molecule has 0 radical (unpaired) electrons. The Labute approximate surface area is 102 Å². The van der Waals surface area contributed by atoms with E-state index in [0.717, 1.165) is 38.1 Å². The monoisotopic (exact) mass is 232 g/mol. The highest BCUT2D eigenvalue weighted by Crippen LogP contribution is 2.16. The molecule has 3 nitrogen and oxygen atoms in total. The molecule has 0 aliphatic heterocycles. The molecule has 1 heterocycles. The zero-order valence-electron chi connectivity index (χ0n) is 10.6. The molecule has 0 atom stereocenters. The Morgan fingerprint density at radius 2 is 2.06 bits per heavy atom. The van der Waals surface area contributed by atoms with E-state index in [1.54, 1.807) is 0 Å². The Morgan fingerprint density at radius 1 is 1.24 bits per heavy atom. The number of para-hydroxylation sites is 2. The van der Waals surface area contributed by atoms with Crippen LogP contribution in [0.25, 0.3) is 11.0 Å². The molecule has 0 saturated heterocycles. The van der Waals surface area contributed by atoms with E-state index in [1.807, 2.05) is 13.0 Å². The average molecular weight is 232 g/mol. The van der Waals surface area contributed by atoms with Gasteiger partial charge in [0.05, 0.1) is 17.6 Å². The summed E-state index contributed by atoms with van der Waals surface area (Å²) in [6, 6.07) is 8.31. The van der Waals surface area contributed by atoms with Gasteiger partial charge in [-0.3, -0.25) is 0 Å². The lowest BCUT2D eigenvalue weighted by Crippen LogP contribution is -2.09. The fourth-order valence-corrected chi connectivity index (χ4v) is 2.09. The number of imidazole rings is 1. The summed E-state index contributed by atoms with van der Waals surface area (Å²) in [5, 5.41) is 0. The van der Waals surface area contributed by atoms with Gasteiger partial charge in [0.25, 0.3) is 0 Å². The van der Waals surface area contributed by atoms with Crippen LogP contribution < -0.4 is 0 Å². The zero-order valence-corrected chi connectivity index (χ0v) is 10.6. The molecule has 0 amide bonds. The van der Waals surface area contributed by atoms with Crippen molar-refractivity contribution in [3.8, 4) is 0 Å². The van der Waals surface area contributed by atoms with Gasteiger partial charge in [-0.15, -0.1) is 0 Å². The van der Waals surface area contributed by atoms with Gasteiger partial charge >= 0.3 is 0 Å². The number of rotatable bonds is 6. The lowest BCUT2D eigenvalue weighted by Gasteiger charge is -2.08. The van der Waals surface area contributed by atoms with Gasteiger partial charge in [0.15, 0.2) is 0 Å². The molecule has 3 heteroatoms. The van der Waals surface area contributed by atoms with Crippen molar-refractivity contribution in [2.45, 2.75) is 33.2 Å². The molecule has 2 aromatic rings. The Hall–Kier alpha value is -1.35. The maximum Gasteiger partial charge on any atom is 0.109 e. The van der Waals surface area contributed by atoms with Gasteiger partial charge in [0.1, 0.15) is 5.82 Å². The Bertz CT molecular complexity index is 476. The van der Waals surface area contributed by atoms with Crippen LogP contribution in [0.4, 0.5) is 0 Å². The number of nitrogens with zero attached hydrogens (tertiary/aromatic N) is 2. The minimum atomic E-state index is 0.758. The number of hydrogen-bond donors (Lipinski definition) is 0. The normalized spacial score (nSPS) is 11.2. The molecule has 0 spiro atoms. The van der Waals surface area contributed by atoms with Crippen molar-refractivity contribution in [2.75, 3.05) is 13.2 Å². The second kappa shape index (κ2) is 5.82. The van der Waals surface area contributed by atoms with Gasteiger partial charge in [0, 0.05) is 19.6 Å². The van der Waals surface area contributed by atoms with Crippen LogP contribution in [0, 0.1) is 0 Å². The molecule has 0 fully saturated rings. The third-order valence-corrected chi connectivity index (χ3v) is 2.87. The summed E-state index contributed by atoms with van der Waals surface area (Å²) in [4.78, 5) is 4.69. The van der Waals surface area contributed by atoms with Crippen LogP contribution in [0.15, 0.2) is 24.3 Å². The second-order valence-corrected chi connectivity index (χ2v) is 4.12. The predicted molar refractivity (Wildman–Crippen MR) is 70.2 cm³/mol. The SMILES string of the molecule is CCCc1nc2ccccc2n1CCOCC. The maximum absolute atomic E-state index is 5.44. The lowest BCUT2D eigenvalue weighted by molar-refractivity contribution is 0.139. The molecule has 17 heavy (non-hydrogen) atoms. The van der Waals surface area contributed by atoms with Gasteiger partial charge in [-0.05, 0) is 25.5 Å². The van der Waals surface area contributed by atoms with Crippen LogP contribution in [0.5, 0.6) is 0 Å². The molecular formula is C14H20N2O. The van der Waals surface area contributed by atoms with Gasteiger partial charge in [0.2, 0.25) is 0 Å². The largest absolute Gasteiger partial charge is 0.380 e. The second-order valence-electron chi connectivity index (χ2n) is 4.12. The van der Waals surface area contributed by atoms with Crippen molar-refractivity contribution in [1.82, 2.24) is 9.55 Å². The van der Waals surface area contributed by atoms with E-state index in [0.29, 0.717) is 0 Å². The Morgan fingerprint density at radius 3 is 2.82 bits per heavy atom. The molecule has 0 unspecified atom stereocenters. The third-order valence-electron chi connectivity index (χ3n) is 2.87. The van der Waals surface area contributed by atoms with E-state index >= 15 is 0 Å². The summed E-state index contributed by atoms with van der Waals surface area (Å²) < 4.78 is 7.73. The summed E-state index contributed by atoms with van der Waals surface area (Å²) in [5.41, 5.74) is 2.31. The summed E-state index contributed by atoms with van der Waals surface area (Å²) in [6.07, 6.45) is 2.15. The number of aromatic nitrogens is 2. The van der Waals surface area contributed by atoms with Crippen LogP contribution in [-0.2, 0) is 17.7 Å². The van der Waals surface area contributed by atoms with E-state index < -0.39 is 0 Å². The highest BCUT2D eigenvalue weighted by molar-refractivity contribution is 5.75. The molecule has 92 valence electrons. The van der Waals surface area contributed by atoms with Gasteiger partial charge in [-0.1, -0.05) is 19.1 Å². The Balaban J connectivity index is 2.30. The molecule has 0 aliphatic carbocycles. The van der Waals surface area contributed by atoms with Crippen LogP contribution in [-0.4, -0.2) is 22.8 Å². The van der Waals surface area contributed by atoms with E-state index in [2.05, 4.69) is 34.7 Å². The fourth-order valence-electron chi connectivity index (χ4n) is 2.09. The number of hydrogen-bond acceptors (Lipinski definition) is 2. The van der Waals surface area contributed by atoms with Crippen molar-refractivity contribution in [3.05, 3.63) is 30.1 Å². The minimum absolute atomic E-state index is 0.758. The predicted octanol–water partition coefficient (Wildman–Crippen LogP) is 3.03. The summed E-state index contributed by atoms with van der Waals surface area (Å²) in [6.45, 7) is 6.64. The van der Waals surface area contributed by atoms with Crippen molar-refractivity contribution in [3.63, 3.8) is 0 Å². The zero-order chi connectivity index (χ0) is 12.1. The summed E-state index contributed by atoms with van der Waals surface area (Å²) >= 11 is 0. The minimum Gasteiger partial charge on any atom is -0.380 e. The van der Waals surface area contributed by atoms with Crippen LogP contribution in [0.2, 0.25) is 0 Å². The molecule has 1 aromatic carbocycles. The van der Waals surface area contributed by atoms with Gasteiger partial charge < -0.3 is 9.30 Å². The van der Waals surface area contributed by atoms with E-state index in [4.69, 9.17) is 4.74 Å². The van der Waals surface area contributed by atoms with Gasteiger partial charge in [-0.25, -0.2) is 4.98 Å². The van der Waals surface area contributed by atoms with E-state index in [9.17, 15) is 0 Å². The quantitative estimate of drug-likeness (QED) is 0.716. The summed E-state index contributed by atoms with van der Waals surface area (Å²) in [7, 11) is 0. The third kappa shape index (κ3) is 2.67. The standard InChI is InChI=1S/C14H20N2O/c1-3-7-14-15-12-8-5-6-9-13(12)16(14)10-11-17-4-2/h5-6,8-9H,3-4,7,10-11H2,1-2H3. The topological polar surface area (TPSA) is 27.1 Å². The molecular weight excluding hydrogens is 212 g/mol. The molecule has 0 N–H and O–H groups in total. The number of benzene rings is 1. The first-order valence-corrected chi connectivity index (χ1v) is 6.38. The van der Waals surface area contributed by atoms with Crippen molar-refractivity contribution >= 4 is 11.0 Å². The van der Waals surface area contributed by atoms with E-state index in [1.165, 1.54) is 11.3 Å². The molecule has 0 bridgehead atoms. The van der Waals surface area contributed by atoms with Crippen molar-refractivity contribution < 1.29 is 4.74 Å². The Kier molecular flexibility index (Phi) is 4.15. The first kappa shape index (κ1) is 12.1. The molecule has 0 aliphatic rings. The maximum atomic E-state index is 5.44. The first-order chi connectivity index (χ1) is 8.36. The van der Waals surface area contributed by atoms with Crippen LogP contribution in [0.1, 0.15) is 26.1 Å². The number of fused-ring (bicyclic) bond motifs is 1. The number of ether oxygens (including phenoxy) is 1. The van der Waals surface area contributed by atoms with E-state index in [-0.39, 0.29) is 0 Å². The van der Waals surface area contributed by atoms with Crippen molar-refractivity contribution in [2.24, 2.45) is 0 Å². The van der Waals surface area contributed by atoms with Crippen LogP contribution >= 0.6 is 0 Å². The lowest BCUT2D eigenvalue weighted by atomic mass is 10.3. The van der Waals surface area contributed by atoms with Crippen LogP contribution in [0.3, 0.4) is 0 Å². The molecule has 0 saturated carbocycles. The summed E-state index contributed by atoms with van der Waals surface area (Å²) in [5.74, 6) is 1.17. The number of aryl methyl sites for hydroxylation is 1. The van der Waals surface area contributed by atoms with Crippen molar-refractivity contribution in [1.29, 1.82) is 0 Å². The fraction of sp³-hybridized carbons (Fsp3) is 0.500. The smallest absolute Gasteiger partial charge is 0.109 e. The molecule has 1 aromatic heterocycles. The van der Waals surface area contributed by atoms with Gasteiger partial charge in [-0.2, -0.15) is 0 Å². The average Bonchev–Trinajstić information content (AvgIpc) is 2.69. The first-order valence-electron chi connectivity index (χ1n) is 6.38. The highest BCUT2D eigenvalue weighted by Gasteiger charge is 2.08. The highest BCUT2D eigenvalue weighted by atomic mass is 16.5.